The Kier molecular flexibility index (Phi) is 6.25. The van der Waals surface area contributed by atoms with Crippen LogP contribution in [0.4, 0.5) is 9.18 Å². The predicted molar refractivity (Wildman–Crippen MR) is 151 cm³/mol. The minimum absolute atomic E-state index is 0.0369. The third-order valence-electron chi connectivity index (χ3n) is 8.91. The first-order valence-electron chi connectivity index (χ1n) is 14.3. The monoisotopic (exact) mass is 553 g/mol. The zero-order valence-corrected chi connectivity index (χ0v) is 23.1. The van der Waals surface area contributed by atoms with E-state index in [1.165, 1.54) is 18.2 Å². The number of nitrogens with one attached hydrogen (secondary N) is 1. The van der Waals surface area contributed by atoms with E-state index in [2.05, 4.69) is 29.1 Å². The number of ether oxygens (including phenoxy) is 1. The number of aromatic nitrogens is 3. The number of fused-ring (bicyclic) bond motifs is 2. The quantitative estimate of drug-likeness (QED) is 0.339. The molecule has 2 aromatic heterocycles. The molecule has 4 aromatic rings. The third kappa shape index (κ3) is 4.63. The van der Waals surface area contributed by atoms with Gasteiger partial charge in [-0.3, -0.25) is 4.79 Å². The molecule has 210 valence electrons. The van der Waals surface area contributed by atoms with Gasteiger partial charge in [0.15, 0.2) is 5.65 Å². The molecule has 1 N–H and O–H groups in total. The van der Waals surface area contributed by atoms with Crippen molar-refractivity contribution in [2.75, 3.05) is 13.7 Å². The lowest BCUT2D eigenvalue weighted by atomic mass is 9.75. The van der Waals surface area contributed by atoms with Crippen LogP contribution >= 0.6 is 0 Å². The lowest BCUT2D eigenvalue weighted by Gasteiger charge is -2.35. The van der Waals surface area contributed by atoms with Crippen LogP contribution < -0.4 is 5.32 Å². The summed E-state index contributed by atoms with van der Waals surface area (Å²) in [4.78, 5) is 31.8. The standard InChI is InChI=1S/C32H32FN5O3/c1-18-24-6-4-3-5-19(24)11-12-37(18)31(39)28-16-29(20-7-8-20)38-30(35-28)17-27(36-38)25-10-9-21(15-26(25)33)22-13-23(14-22)34-32(40)41-2/h3-6,9-10,15-18,20,22-23H,7-8,11-14H2,1-2H3,(H,34,40)/t18-,22-,23-/m1/s1. The minimum atomic E-state index is -0.443. The van der Waals surface area contributed by atoms with Gasteiger partial charge < -0.3 is 15.0 Å². The van der Waals surface area contributed by atoms with Gasteiger partial charge in [-0.25, -0.2) is 18.7 Å². The number of carbonyl (C=O) groups excluding carboxylic acids is 2. The average molecular weight is 554 g/mol. The summed E-state index contributed by atoms with van der Waals surface area (Å²) in [5.74, 6) is 0.0647. The van der Waals surface area contributed by atoms with E-state index in [4.69, 9.17) is 10.1 Å². The third-order valence-corrected chi connectivity index (χ3v) is 8.91. The van der Waals surface area contributed by atoms with E-state index in [0.29, 0.717) is 35.1 Å². The fourth-order valence-electron chi connectivity index (χ4n) is 6.33. The minimum Gasteiger partial charge on any atom is -0.453 e. The van der Waals surface area contributed by atoms with Crippen molar-refractivity contribution in [1.82, 2.24) is 24.8 Å². The van der Waals surface area contributed by atoms with Crippen LogP contribution in [0.5, 0.6) is 0 Å². The molecule has 3 aliphatic rings. The van der Waals surface area contributed by atoms with Crippen LogP contribution in [-0.4, -0.2) is 51.2 Å². The molecule has 0 spiro atoms. The molecule has 2 aliphatic carbocycles. The van der Waals surface area contributed by atoms with Crippen LogP contribution in [0, 0.1) is 5.82 Å². The number of halogens is 1. The van der Waals surface area contributed by atoms with Crippen molar-refractivity contribution in [3.63, 3.8) is 0 Å². The molecule has 0 bridgehead atoms. The first-order chi connectivity index (χ1) is 19.9. The summed E-state index contributed by atoms with van der Waals surface area (Å²) in [6.07, 6.45) is 3.93. The van der Waals surface area contributed by atoms with Gasteiger partial charge in [0.25, 0.3) is 5.91 Å². The summed E-state index contributed by atoms with van der Waals surface area (Å²) < 4.78 is 21.8. The number of amides is 2. The van der Waals surface area contributed by atoms with Crippen molar-refractivity contribution < 1.29 is 18.7 Å². The van der Waals surface area contributed by atoms with Gasteiger partial charge in [-0.15, -0.1) is 0 Å². The van der Waals surface area contributed by atoms with Crippen molar-refractivity contribution in [3.05, 3.63) is 88.5 Å². The highest BCUT2D eigenvalue weighted by Gasteiger charge is 2.34. The van der Waals surface area contributed by atoms with E-state index in [9.17, 15) is 9.59 Å². The molecule has 2 saturated carbocycles. The lowest BCUT2D eigenvalue weighted by molar-refractivity contribution is 0.0671. The van der Waals surface area contributed by atoms with Crippen LogP contribution in [0.15, 0.2) is 54.6 Å². The van der Waals surface area contributed by atoms with Gasteiger partial charge in [0.05, 0.1) is 18.8 Å². The Morgan fingerprint density at radius 3 is 2.61 bits per heavy atom. The second kappa shape index (κ2) is 9.98. The highest BCUT2D eigenvalue weighted by atomic mass is 19.1. The molecule has 0 unspecified atom stereocenters. The molecule has 7 rings (SSSR count). The number of rotatable bonds is 5. The maximum Gasteiger partial charge on any atom is 0.407 e. The van der Waals surface area contributed by atoms with Gasteiger partial charge in [-0.1, -0.05) is 30.3 Å². The maximum absolute atomic E-state index is 15.4. The summed E-state index contributed by atoms with van der Waals surface area (Å²) in [6, 6.07) is 17.2. The highest BCUT2D eigenvalue weighted by molar-refractivity contribution is 5.93. The molecule has 8 nitrogen and oxygen atoms in total. The van der Waals surface area contributed by atoms with E-state index >= 15 is 4.39 Å². The summed E-state index contributed by atoms with van der Waals surface area (Å²) in [5.41, 5.74) is 6.17. The number of methoxy groups -OCH3 is 1. The second-order valence-electron chi connectivity index (χ2n) is 11.5. The number of alkyl carbamates (subject to hydrolysis) is 1. The van der Waals surface area contributed by atoms with Crippen LogP contribution in [-0.2, 0) is 11.2 Å². The Hall–Kier alpha value is -4.27. The van der Waals surface area contributed by atoms with Crippen molar-refractivity contribution in [2.45, 2.75) is 62.9 Å². The number of benzene rings is 2. The van der Waals surface area contributed by atoms with E-state index in [0.717, 1.165) is 43.4 Å². The number of carbonyl (C=O) groups is 2. The van der Waals surface area contributed by atoms with Crippen molar-refractivity contribution in [2.24, 2.45) is 0 Å². The van der Waals surface area contributed by atoms with Crippen LogP contribution in [0.25, 0.3) is 16.9 Å². The Morgan fingerprint density at radius 2 is 1.85 bits per heavy atom. The smallest absolute Gasteiger partial charge is 0.407 e. The molecule has 3 heterocycles. The molecule has 2 aromatic carbocycles. The van der Waals surface area contributed by atoms with Gasteiger partial charge in [-0.2, -0.15) is 5.10 Å². The van der Waals surface area contributed by atoms with Gasteiger partial charge in [0.1, 0.15) is 11.5 Å². The van der Waals surface area contributed by atoms with Crippen LogP contribution in [0.3, 0.4) is 0 Å². The molecule has 0 radical (unpaired) electrons. The molecule has 2 amide bonds. The fourth-order valence-corrected chi connectivity index (χ4v) is 6.33. The topological polar surface area (TPSA) is 88.8 Å². The molecule has 0 saturated heterocycles. The summed E-state index contributed by atoms with van der Waals surface area (Å²) in [5, 5.41) is 7.54. The molecule has 9 heteroatoms. The van der Waals surface area contributed by atoms with Crippen molar-refractivity contribution >= 4 is 17.6 Å². The fraction of sp³-hybridized carbons (Fsp3) is 0.375. The Morgan fingerprint density at radius 1 is 1.05 bits per heavy atom. The van der Waals surface area contributed by atoms with Crippen molar-refractivity contribution in [3.8, 4) is 11.3 Å². The van der Waals surface area contributed by atoms with Gasteiger partial charge in [0.2, 0.25) is 0 Å². The van der Waals surface area contributed by atoms with Gasteiger partial charge >= 0.3 is 6.09 Å². The van der Waals surface area contributed by atoms with Crippen LogP contribution in [0.2, 0.25) is 0 Å². The largest absolute Gasteiger partial charge is 0.453 e. The summed E-state index contributed by atoms with van der Waals surface area (Å²) in [7, 11) is 1.34. The molecule has 1 atom stereocenters. The predicted octanol–water partition coefficient (Wildman–Crippen LogP) is 5.77. The molecule has 2 fully saturated rings. The molecule has 41 heavy (non-hydrogen) atoms. The average Bonchev–Trinajstić information content (AvgIpc) is 3.72. The van der Waals surface area contributed by atoms with E-state index in [-0.39, 0.29) is 29.7 Å². The molecular formula is C32H32FN5O3. The van der Waals surface area contributed by atoms with Crippen molar-refractivity contribution in [1.29, 1.82) is 0 Å². The van der Waals surface area contributed by atoms with E-state index < -0.39 is 6.09 Å². The Balaban J connectivity index is 1.16. The molecule has 1 aliphatic heterocycles. The van der Waals surface area contributed by atoms with Gasteiger partial charge in [-0.05, 0) is 79.8 Å². The highest BCUT2D eigenvalue weighted by Crippen LogP contribution is 2.42. The van der Waals surface area contributed by atoms with E-state index in [1.54, 1.807) is 22.7 Å². The number of nitrogens with zero attached hydrogens (tertiary/aromatic N) is 4. The zero-order chi connectivity index (χ0) is 28.2. The maximum atomic E-state index is 15.4. The second-order valence-corrected chi connectivity index (χ2v) is 11.5. The number of hydrogen-bond donors (Lipinski definition) is 1. The first-order valence-corrected chi connectivity index (χ1v) is 14.3. The Labute approximate surface area is 237 Å². The Bertz CT molecular complexity index is 1670. The molecular weight excluding hydrogens is 521 g/mol. The SMILES string of the molecule is COC(=O)N[C@H]1C[C@H](c2ccc(-c3cc4nc(C(=O)N5CCc6ccccc6[C@H]5C)cc(C5CC5)n4n3)c(F)c2)C1. The van der Waals surface area contributed by atoms with Gasteiger partial charge in [0, 0.05) is 35.8 Å². The normalized spacial score (nSPS) is 21.7. The summed E-state index contributed by atoms with van der Waals surface area (Å²) >= 11 is 0. The van der Waals surface area contributed by atoms with E-state index in [1.807, 2.05) is 29.2 Å². The van der Waals surface area contributed by atoms with Crippen LogP contribution in [0.1, 0.15) is 83.4 Å². The first kappa shape index (κ1) is 25.7. The summed E-state index contributed by atoms with van der Waals surface area (Å²) in [6.45, 7) is 2.71. The number of hydrogen-bond acceptors (Lipinski definition) is 5. The zero-order valence-electron chi connectivity index (χ0n) is 23.1. The lowest BCUT2D eigenvalue weighted by Crippen LogP contribution is -2.43.